The molecule has 0 saturated heterocycles. The van der Waals surface area contributed by atoms with E-state index < -0.39 is 0 Å². The van der Waals surface area contributed by atoms with Gasteiger partial charge >= 0.3 is 0 Å². The first-order valence-corrected chi connectivity index (χ1v) is 9.36. The summed E-state index contributed by atoms with van der Waals surface area (Å²) in [5.74, 6) is 0. The van der Waals surface area contributed by atoms with Crippen LogP contribution in [0.3, 0.4) is 0 Å². The lowest BCUT2D eigenvalue weighted by molar-refractivity contribution is 0.203. The summed E-state index contributed by atoms with van der Waals surface area (Å²) >= 11 is 0. The van der Waals surface area contributed by atoms with Gasteiger partial charge in [-0.05, 0) is 49.4 Å². The molecule has 2 aliphatic rings. The number of benzene rings is 2. The molecule has 0 aliphatic carbocycles. The second-order valence-corrected chi connectivity index (χ2v) is 6.42. The van der Waals surface area contributed by atoms with E-state index in [1.165, 1.54) is 36.2 Å². The first-order valence-electron chi connectivity index (χ1n) is 9.36. The van der Waals surface area contributed by atoms with Crippen molar-refractivity contribution in [3.05, 3.63) is 65.2 Å². The van der Waals surface area contributed by atoms with Crippen molar-refractivity contribution in [3.63, 3.8) is 0 Å². The predicted molar refractivity (Wildman–Crippen MR) is 106 cm³/mol. The molecule has 2 aromatic carbocycles. The van der Waals surface area contributed by atoms with E-state index in [0.29, 0.717) is 6.04 Å². The third-order valence-corrected chi connectivity index (χ3v) is 4.62. The molecule has 2 aromatic rings. The Balaban J connectivity index is 0.000000165. The molecular weight excluding hydrogens is 292 g/mol. The number of nitrogens with one attached hydrogen (secondary N) is 1. The van der Waals surface area contributed by atoms with Crippen LogP contribution < -0.4 is 5.32 Å². The summed E-state index contributed by atoms with van der Waals surface area (Å²) in [5, 5.41) is 3.30. The summed E-state index contributed by atoms with van der Waals surface area (Å²) in [4.78, 5) is 2.53. The first kappa shape index (κ1) is 18.5. The van der Waals surface area contributed by atoms with E-state index in [-0.39, 0.29) is 0 Å². The van der Waals surface area contributed by atoms with E-state index in [9.17, 15) is 0 Å². The number of para-hydroxylation sites is 1. The molecule has 0 unspecified atom stereocenters. The number of rotatable bonds is 1. The van der Waals surface area contributed by atoms with Crippen LogP contribution in [0, 0.1) is 0 Å². The summed E-state index contributed by atoms with van der Waals surface area (Å²) in [7, 11) is 0. The fourth-order valence-electron chi connectivity index (χ4n) is 3.20. The standard InChI is InChI=1S/C12H17N.C8H9N.C2H6/c1-10(2)13-8-7-11-5-3-4-6-12(11)9-13;1-2-4-8-7(3-1)5-6-9-8;1-2/h3-6,10H,7-9H2,1-2H3;1-4,9H,5-6H2;1-2H3. The van der Waals surface area contributed by atoms with Gasteiger partial charge in [0.2, 0.25) is 0 Å². The van der Waals surface area contributed by atoms with Crippen LogP contribution >= 0.6 is 0 Å². The minimum atomic E-state index is 0.674. The van der Waals surface area contributed by atoms with Gasteiger partial charge in [-0.15, -0.1) is 0 Å². The fraction of sp³-hybridized carbons (Fsp3) is 0.455. The van der Waals surface area contributed by atoms with Gasteiger partial charge in [-0.2, -0.15) is 0 Å². The van der Waals surface area contributed by atoms with Gasteiger partial charge in [-0.25, -0.2) is 0 Å². The zero-order chi connectivity index (χ0) is 17.4. The maximum absolute atomic E-state index is 3.30. The number of nitrogens with zero attached hydrogens (tertiary/aromatic N) is 1. The number of anilines is 1. The highest BCUT2D eigenvalue weighted by Crippen LogP contribution is 2.20. The van der Waals surface area contributed by atoms with Gasteiger partial charge in [-0.3, -0.25) is 4.90 Å². The summed E-state index contributed by atoms with van der Waals surface area (Å²) in [6, 6.07) is 17.9. The predicted octanol–water partition coefficient (Wildman–Crippen LogP) is 5.13. The van der Waals surface area contributed by atoms with Crippen molar-refractivity contribution in [2.45, 2.75) is 53.1 Å². The fourth-order valence-corrected chi connectivity index (χ4v) is 3.20. The molecule has 0 amide bonds. The van der Waals surface area contributed by atoms with Crippen LogP contribution in [-0.4, -0.2) is 24.0 Å². The minimum Gasteiger partial charge on any atom is -0.384 e. The van der Waals surface area contributed by atoms with Crippen molar-refractivity contribution in [2.24, 2.45) is 0 Å². The second-order valence-electron chi connectivity index (χ2n) is 6.42. The van der Waals surface area contributed by atoms with E-state index in [2.05, 4.69) is 72.6 Å². The normalized spacial score (nSPS) is 15.2. The van der Waals surface area contributed by atoms with Crippen LogP contribution in [0.5, 0.6) is 0 Å². The number of fused-ring (bicyclic) bond motifs is 2. The van der Waals surface area contributed by atoms with Crippen LogP contribution in [-0.2, 0) is 19.4 Å². The third-order valence-electron chi connectivity index (χ3n) is 4.62. The zero-order valence-corrected chi connectivity index (χ0v) is 15.7. The van der Waals surface area contributed by atoms with Crippen molar-refractivity contribution < 1.29 is 0 Å². The van der Waals surface area contributed by atoms with E-state index in [0.717, 1.165) is 13.1 Å². The number of hydrogen-bond acceptors (Lipinski definition) is 2. The summed E-state index contributed by atoms with van der Waals surface area (Å²) in [6.07, 6.45) is 2.41. The molecule has 2 nitrogen and oxygen atoms in total. The van der Waals surface area contributed by atoms with Crippen LogP contribution in [0.2, 0.25) is 0 Å². The number of hydrogen-bond donors (Lipinski definition) is 1. The smallest absolute Gasteiger partial charge is 0.0373 e. The molecule has 130 valence electrons. The highest BCUT2D eigenvalue weighted by molar-refractivity contribution is 5.54. The van der Waals surface area contributed by atoms with Crippen molar-refractivity contribution in [2.75, 3.05) is 18.4 Å². The molecule has 0 fully saturated rings. The van der Waals surface area contributed by atoms with Gasteiger partial charge in [0.25, 0.3) is 0 Å². The maximum Gasteiger partial charge on any atom is 0.0373 e. The lowest BCUT2D eigenvalue weighted by Gasteiger charge is -2.31. The highest BCUT2D eigenvalue weighted by atomic mass is 15.1. The third kappa shape index (κ3) is 4.85. The van der Waals surface area contributed by atoms with E-state index >= 15 is 0 Å². The lowest BCUT2D eigenvalue weighted by atomic mass is 9.99. The van der Waals surface area contributed by atoms with Gasteiger partial charge < -0.3 is 5.32 Å². The largest absolute Gasteiger partial charge is 0.384 e. The summed E-state index contributed by atoms with van der Waals surface area (Å²) in [5.41, 5.74) is 5.83. The quantitative estimate of drug-likeness (QED) is 0.782. The molecule has 4 rings (SSSR count). The van der Waals surface area contributed by atoms with E-state index in [4.69, 9.17) is 0 Å². The summed E-state index contributed by atoms with van der Waals surface area (Å²) < 4.78 is 0. The zero-order valence-electron chi connectivity index (χ0n) is 15.7. The molecular formula is C22H32N2. The Labute approximate surface area is 147 Å². The lowest BCUT2D eigenvalue weighted by Crippen LogP contribution is -2.35. The summed E-state index contributed by atoms with van der Waals surface area (Å²) in [6.45, 7) is 12.0. The second kappa shape index (κ2) is 9.48. The SMILES string of the molecule is CC.CC(C)N1CCc2ccccc2C1.c1ccc2c(c1)CCN2. The van der Waals surface area contributed by atoms with Gasteiger partial charge in [0.15, 0.2) is 0 Å². The topological polar surface area (TPSA) is 15.3 Å². The Morgan fingerprint density at radius 2 is 1.46 bits per heavy atom. The molecule has 0 radical (unpaired) electrons. The molecule has 0 atom stereocenters. The van der Waals surface area contributed by atoms with E-state index in [1.807, 2.05) is 13.8 Å². The van der Waals surface area contributed by atoms with Crippen molar-refractivity contribution in [1.29, 1.82) is 0 Å². The Bertz CT molecular complexity index is 596. The van der Waals surface area contributed by atoms with Crippen molar-refractivity contribution in [3.8, 4) is 0 Å². The van der Waals surface area contributed by atoms with Crippen molar-refractivity contribution in [1.82, 2.24) is 4.90 Å². The molecule has 24 heavy (non-hydrogen) atoms. The average molecular weight is 325 g/mol. The first-order chi connectivity index (χ1) is 11.7. The molecule has 2 heterocycles. The Hall–Kier alpha value is -1.80. The van der Waals surface area contributed by atoms with Crippen LogP contribution in [0.4, 0.5) is 5.69 Å². The Morgan fingerprint density at radius 3 is 2.12 bits per heavy atom. The van der Waals surface area contributed by atoms with Gasteiger partial charge in [0.05, 0.1) is 0 Å². The minimum absolute atomic E-state index is 0.674. The Morgan fingerprint density at radius 1 is 0.833 bits per heavy atom. The molecule has 2 aliphatic heterocycles. The highest BCUT2D eigenvalue weighted by Gasteiger charge is 2.17. The van der Waals surface area contributed by atoms with Crippen molar-refractivity contribution >= 4 is 5.69 Å². The van der Waals surface area contributed by atoms with Gasteiger partial charge in [-0.1, -0.05) is 56.3 Å². The molecule has 0 aromatic heterocycles. The molecule has 0 spiro atoms. The van der Waals surface area contributed by atoms with Crippen LogP contribution in [0.25, 0.3) is 0 Å². The Kier molecular flexibility index (Phi) is 7.33. The maximum atomic E-state index is 3.30. The molecule has 2 heteroatoms. The monoisotopic (exact) mass is 324 g/mol. The van der Waals surface area contributed by atoms with Crippen LogP contribution in [0.1, 0.15) is 44.4 Å². The van der Waals surface area contributed by atoms with E-state index in [1.54, 1.807) is 5.56 Å². The molecule has 1 N–H and O–H groups in total. The van der Waals surface area contributed by atoms with Gasteiger partial charge in [0.1, 0.15) is 0 Å². The van der Waals surface area contributed by atoms with Gasteiger partial charge in [0, 0.05) is 31.4 Å². The average Bonchev–Trinajstić information content (AvgIpc) is 3.12. The van der Waals surface area contributed by atoms with Crippen LogP contribution in [0.15, 0.2) is 48.5 Å². The molecule has 0 saturated carbocycles. The molecule has 0 bridgehead atoms.